The number of carbonyl (C=O) groups excluding carboxylic acids is 1. The molecule has 0 radical (unpaired) electrons. The number of hydrogen-bond acceptors (Lipinski definition) is 2. The summed E-state index contributed by atoms with van der Waals surface area (Å²) in [7, 11) is 0. The minimum Gasteiger partial charge on any atom is -0.392 e. The number of hydrogen-bond donors (Lipinski definition) is 1. The number of halogens is 2. The van der Waals surface area contributed by atoms with Gasteiger partial charge in [0.05, 0.1) is 6.10 Å². The van der Waals surface area contributed by atoms with Crippen molar-refractivity contribution in [1.82, 2.24) is 0 Å². The largest absolute Gasteiger partial charge is 0.392 e. The van der Waals surface area contributed by atoms with Crippen LogP contribution in [0.3, 0.4) is 0 Å². The maximum absolute atomic E-state index is 13.8. The summed E-state index contributed by atoms with van der Waals surface area (Å²) < 4.78 is 13.8. The van der Waals surface area contributed by atoms with E-state index < -0.39 is 6.10 Å². The van der Waals surface area contributed by atoms with Crippen LogP contribution in [-0.4, -0.2) is 17.0 Å². The second-order valence-electron chi connectivity index (χ2n) is 4.96. The first kappa shape index (κ1) is 13.5. The molecule has 1 saturated carbocycles. The fourth-order valence-corrected chi connectivity index (χ4v) is 2.89. The molecule has 1 N–H and O–H groups in total. The highest BCUT2D eigenvalue weighted by Gasteiger charge is 2.33. The Bertz CT molecular complexity index is 461. The molecule has 3 atom stereocenters. The van der Waals surface area contributed by atoms with Gasteiger partial charge in [-0.15, -0.1) is 0 Å². The van der Waals surface area contributed by atoms with Gasteiger partial charge < -0.3 is 5.11 Å². The fourth-order valence-electron chi connectivity index (χ4n) is 2.74. The van der Waals surface area contributed by atoms with Gasteiger partial charge in [-0.25, -0.2) is 4.39 Å². The molecule has 0 heterocycles. The maximum atomic E-state index is 13.8. The summed E-state index contributed by atoms with van der Waals surface area (Å²) in [6.07, 6.45) is 1.10. The van der Waals surface area contributed by atoms with E-state index in [2.05, 4.69) is 0 Å². The molecule has 18 heavy (non-hydrogen) atoms. The summed E-state index contributed by atoms with van der Waals surface area (Å²) >= 11 is 5.72. The Kier molecular flexibility index (Phi) is 4.03. The summed E-state index contributed by atoms with van der Waals surface area (Å²) in [5, 5.41) is 10.3. The molecule has 1 aliphatic rings. The summed E-state index contributed by atoms with van der Waals surface area (Å²) in [6.45, 7) is 1.50. The van der Waals surface area contributed by atoms with Crippen LogP contribution in [0.2, 0.25) is 5.02 Å². The molecule has 98 valence electrons. The van der Waals surface area contributed by atoms with Crippen molar-refractivity contribution in [2.75, 3.05) is 0 Å². The molecule has 0 amide bonds. The lowest BCUT2D eigenvalue weighted by atomic mass is 9.75. The van der Waals surface area contributed by atoms with Crippen molar-refractivity contribution in [2.45, 2.75) is 38.2 Å². The Morgan fingerprint density at radius 2 is 2.17 bits per heavy atom. The van der Waals surface area contributed by atoms with Crippen molar-refractivity contribution in [3.05, 3.63) is 34.6 Å². The Morgan fingerprint density at radius 1 is 1.44 bits per heavy atom. The van der Waals surface area contributed by atoms with E-state index in [1.165, 1.54) is 13.0 Å². The van der Waals surface area contributed by atoms with Crippen molar-refractivity contribution in [2.24, 2.45) is 5.92 Å². The van der Waals surface area contributed by atoms with Gasteiger partial charge in [-0.05, 0) is 49.8 Å². The van der Waals surface area contributed by atoms with Gasteiger partial charge in [-0.2, -0.15) is 0 Å². The molecule has 0 aromatic heterocycles. The molecule has 4 heteroatoms. The van der Waals surface area contributed by atoms with Crippen molar-refractivity contribution in [3.8, 4) is 0 Å². The van der Waals surface area contributed by atoms with Gasteiger partial charge in [0.1, 0.15) is 11.6 Å². The molecule has 2 nitrogen and oxygen atoms in total. The average molecular weight is 271 g/mol. The van der Waals surface area contributed by atoms with Crippen LogP contribution >= 0.6 is 11.6 Å². The second-order valence-corrected chi connectivity index (χ2v) is 5.40. The van der Waals surface area contributed by atoms with Crippen LogP contribution in [0.25, 0.3) is 0 Å². The van der Waals surface area contributed by atoms with E-state index in [1.807, 2.05) is 0 Å². The van der Waals surface area contributed by atoms with Gasteiger partial charge in [0.2, 0.25) is 0 Å². The average Bonchev–Trinajstić information content (AvgIpc) is 2.28. The normalized spacial score (nSPS) is 28.1. The second kappa shape index (κ2) is 5.37. The smallest absolute Gasteiger partial charge is 0.135 e. The first-order chi connectivity index (χ1) is 8.49. The first-order valence-corrected chi connectivity index (χ1v) is 6.50. The highest BCUT2D eigenvalue weighted by Crippen LogP contribution is 2.37. The molecule has 0 bridgehead atoms. The van der Waals surface area contributed by atoms with Crippen molar-refractivity contribution < 1.29 is 14.3 Å². The summed E-state index contributed by atoms with van der Waals surface area (Å²) in [4.78, 5) is 11.3. The Balaban J connectivity index is 2.15. The SMILES string of the molecule is CC(=O)C1CCC(c2ccc(Cl)cc2F)CC1O. The molecule has 1 aromatic rings. The van der Waals surface area contributed by atoms with Crippen LogP contribution in [0.1, 0.15) is 37.7 Å². The van der Waals surface area contributed by atoms with Crippen LogP contribution in [-0.2, 0) is 4.79 Å². The predicted molar refractivity (Wildman–Crippen MR) is 68.2 cm³/mol. The fraction of sp³-hybridized carbons (Fsp3) is 0.500. The molecule has 1 fully saturated rings. The van der Waals surface area contributed by atoms with Gasteiger partial charge >= 0.3 is 0 Å². The Hall–Kier alpha value is -0.930. The highest BCUT2D eigenvalue weighted by molar-refractivity contribution is 6.30. The third-order valence-corrected chi connectivity index (χ3v) is 3.98. The standard InChI is InChI=1S/C14H16ClFO2/c1-8(17)11-4-2-9(6-14(11)18)12-5-3-10(15)7-13(12)16/h3,5,7,9,11,14,18H,2,4,6H2,1H3. The number of benzene rings is 1. The van der Waals surface area contributed by atoms with Gasteiger partial charge in [-0.3, -0.25) is 4.79 Å². The summed E-state index contributed by atoms with van der Waals surface area (Å²) in [5.74, 6) is -0.650. The van der Waals surface area contributed by atoms with E-state index in [4.69, 9.17) is 11.6 Å². The van der Waals surface area contributed by atoms with Gasteiger partial charge in [0.15, 0.2) is 0 Å². The number of ketones is 1. The lowest BCUT2D eigenvalue weighted by Gasteiger charge is -2.32. The zero-order valence-electron chi connectivity index (χ0n) is 10.2. The number of Topliss-reactive ketones (excluding diaryl/α,β-unsaturated/α-hetero) is 1. The van der Waals surface area contributed by atoms with E-state index in [0.29, 0.717) is 23.4 Å². The third kappa shape index (κ3) is 2.73. The molecule has 0 aliphatic heterocycles. The molecule has 1 aromatic carbocycles. The first-order valence-electron chi connectivity index (χ1n) is 6.12. The quantitative estimate of drug-likeness (QED) is 0.895. The predicted octanol–water partition coefficient (Wildman–Crippen LogP) is 3.31. The van der Waals surface area contributed by atoms with Gasteiger partial charge in [0, 0.05) is 10.9 Å². The van der Waals surface area contributed by atoms with E-state index in [0.717, 1.165) is 6.42 Å². The van der Waals surface area contributed by atoms with Gasteiger partial charge in [-0.1, -0.05) is 17.7 Å². The molecular formula is C14H16ClFO2. The maximum Gasteiger partial charge on any atom is 0.135 e. The minimum absolute atomic E-state index is 0.0116. The van der Waals surface area contributed by atoms with Crippen LogP contribution in [0.4, 0.5) is 4.39 Å². The number of carbonyl (C=O) groups is 1. The molecule has 0 saturated heterocycles. The summed E-state index contributed by atoms with van der Waals surface area (Å²) in [5.41, 5.74) is 0.584. The molecule has 2 rings (SSSR count). The van der Waals surface area contributed by atoms with Crippen LogP contribution < -0.4 is 0 Å². The topological polar surface area (TPSA) is 37.3 Å². The van der Waals surface area contributed by atoms with Crippen LogP contribution in [0.5, 0.6) is 0 Å². The molecule has 0 spiro atoms. The zero-order valence-corrected chi connectivity index (χ0v) is 11.0. The van der Waals surface area contributed by atoms with Crippen molar-refractivity contribution in [3.63, 3.8) is 0 Å². The monoisotopic (exact) mass is 270 g/mol. The molecule has 3 unspecified atom stereocenters. The molecular weight excluding hydrogens is 255 g/mol. The number of aliphatic hydroxyl groups is 1. The minimum atomic E-state index is -0.670. The van der Waals surface area contributed by atoms with Crippen LogP contribution in [0, 0.1) is 11.7 Å². The van der Waals surface area contributed by atoms with Crippen molar-refractivity contribution in [1.29, 1.82) is 0 Å². The zero-order chi connectivity index (χ0) is 13.3. The van der Waals surface area contributed by atoms with E-state index >= 15 is 0 Å². The Labute approximate surface area is 111 Å². The lowest BCUT2D eigenvalue weighted by Crippen LogP contribution is -2.33. The molecule has 1 aliphatic carbocycles. The van der Waals surface area contributed by atoms with Crippen molar-refractivity contribution >= 4 is 17.4 Å². The number of aliphatic hydroxyl groups excluding tert-OH is 1. The highest BCUT2D eigenvalue weighted by atomic mass is 35.5. The van der Waals surface area contributed by atoms with E-state index in [1.54, 1.807) is 12.1 Å². The number of rotatable bonds is 2. The van der Waals surface area contributed by atoms with E-state index in [-0.39, 0.29) is 23.4 Å². The van der Waals surface area contributed by atoms with Gasteiger partial charge in [0.25, 0.3) is 0 Å². The Morgan fingerprint density at radius 3 is 2.72 bits per heavy atom. The van der Waals surface area contributed by atoms with Crippen LogP contribution in [0.15, 0.2) is 18.2 Å². The lowest BCUT2D eigenvalue weighted by molar-refractivity contribution is -0.125. The summed E-state index contributed by atoms with van der Waals surface area (Å²) in [6, 6.07) is 4.62. The van der Waals surface area contributed by atoms with E-state index in [9.17, 15) is 14.3 Å². The third-order valence-electron chi connectivity index (χ3n) is 3.74.